The predicted octanol–water partition coefficient (Wildman–Crippen LogP) is 4.76. The molecule has 2 aromatic carbocycles. The molecule has 0 fully saturated rings. The van der Waals surface area contributed by atoms with Crippen molar-refractivity contribution in [2.45, 2.75) is 27.3 Å². The van der Waals surface area contributed by atoms with Gasteiger partial charge in [0, 0.05) is 29.5 Å². The first-order valence-corrected chi connectivity index (χ1v) is 9.78. The van der Waals surface area contributed by atoms with Crippen LogP contribution in [-0.4, -0.2) is 32.4 Å². The fraction of sp³-hybridized carbons (Fsp3) is 0.208. The average molecular weight is 402 g/mol. The Balaban J connectivity index is 1.64. The normalized spacial score (nSPS) is 11.1. The van der Waals surface area contributed by atoms with E-state index in [0.29, 0.717) is 22.8 Å². The van der Waals surface area contributed by atoms with Crippen molar-refractivity contribution in [1.82, 2.24) is 19.4 Å². The van der Waals surface area contributed by atoms with Gasteiger partial charge < -0.3 is 9.47 Å². The Hall–Kier alpha value is -3.54. The van der Waals surface area contributed by atoms with Gasteiger partial charge in [-0.15, -0.1) is 0 Å². The van der Waals surface area contributed by atoms with Gasteiger partial charge in [0.05, 0.1) is 23.3 Å². The molecule has 0 aliphatic heterocycles. The zero-order valence-electron chi connectivity index (χ0n) is 17.5. The van der Waals surface area contributed by atoms with E-state index in [9.17, 15) is 9.18 Å². The van der Waals surface area contributed by atoms with E-state index in [-0.39, 0.29) is 18.3 Å². The van der Waals surface area contributed by atoms with E-state index in [1.54, 1.807) is 40.8 Å². The van der Waals surface area contributed by atoms with Crippen molar-refractivity contribution in [2.75, 3.05) is 7.05 Å². The molecule has 4 aromatic rings. The van der Waals surface area contributed by atoms with Crippen LogP contribution in [0.5, 0.6) is 0 Å². The second-order valence-electron chi connectivity index (χ2n) is 7.48. The minimum absolute atomic E-state index is 0.153. The molecule has 30 heavy (non-hydrogen) atoms. The van der Waals surface area contributed by atoms with E-state index in [1.165, 1.54) is 6.07 Å². The number of hydrogen-bond acceptors (Lipinski definition) is 3. The molecule has 0 unspecified atom stereocenters. The molecule has 0 spiro atoms. The Morgan fingerprint density at radius 3 is 2.50 bits per heavy atom. The zero-order valence-corrected chi connectivity index (χ0v) is 17.5. The summed E-state index contributed by atoms with van der Waals surface area (Å²) in [7, 11) is 1.73. The van der Waals surface area contributed by atoms with Crippen LogP contribution in [0.3, 0.4) is 0 Å². The molecular weight excluding hydrogens is 379 g/mol. The summed E-state index contributed by atoms with van der Waals surface area (Å²) in [6, 6.07) is 16.2. The fourth-order valence-corrected chi connectivity index (χ4v) is 3.84. The third-order valence-electron chi connectivity index (χ3n) is 5.32. The molecule has 0 aliphatic carbocycles. The van der Waals surface area contributed by atoms with Gasteiger partial charge in [-0.2, -0.15) is 0 Å². The molecule has 1 amide bonds. The lowest BCUT2D eigenvalue weighted by atomic mass is 10.2. The van der Waals surface area contributed by atoms with Gasteiger partial charge in [0.25, 0.3) is 5.91 Å². The van der Waals surface area contributed by atoms with Crippen molar-refractivity contribution >= 4 is 16.8 Å². The topological polar surface area (TPSA) is 51.0 Å². The highest BCUT2D eigenvalue weighted by molar-refractivity contribution is 5.95. The van der Waals surface area contributed by atoms with Gasteiger partial charge in [-0.25, -0.2) is 14.4 Å². The second kappa shape index (κ2) is 7.71. The first-order valence-electron chi connectivity index (χ1n) is 9.78. The van der Waals surface area contributed by atoms with E-state index in [2.05, 4.69) is 9.97 Å². The van der Waals surface area contributed by atoms with E-state index in [4.69, 9.17) is 0 Å². The van der Waals surface area contributed by atoms with E-state index in [1.807, 2.05) is 45.0 Å². The Morgan fingerprint density at radius 2 is 1.73 bits per heavy atom. The van der Waals surface area contributed by atoms with E-state index >= 15 is 0 Å². The summed E-state index contributed by atoms with van der Waals surface area (Å²) in [5, 5.41) is 1.00. The van der Waals surface area contributed by atoms with Crippen LogP contribution in [0.2, 0.25) is 0 Å². The third-order valence-corrected chi connectivity index (χ3v) is 5.32. The lowest BCUT2D eigenvalue weighted by molar-refractivity contribution is 0.0781. The molecule has 0 radical (unpaired) electrons. The summed E-state index contributed by atoms with van der Waals surface area (Å²) < 4.78 is 16.1. The Bertz CT molecular complexity index is 1260. The molecule has 152 valence electrons. The summed E-state index contributed by atoms with van der Waals surface area (Å²) in [4.78, 5) is 23.9. The van der Waals surface area contributed by atoms with Crippen molar-refractivity contribution in [1.29, 1.82) is 0 Å². The van der Waals surface area contributed by atoms with Crippen LogP contribution >= 0.6 is 0 Å². The highest BCUT2D eigenvalue weighted by atomic mass is 19.1. The highest BCUT2D eigenvalue weighted by Crippen LogP contribution is 2.24. The maximum Gasteiger partial charge on any atom is 0.255 e. The van der Waals surface area contributed by atoms with Gasteiger partial charge in [-0.05, 0) is 45.0 Å². The third kappa shape index (κ3) is 3.45. The van der Waals surface area contributed by atoms with Crippen LogP contribution < -0.4 is 0 Å². The molecule has 2 aromatic heterocycles. The van der Waals surface area contributed by atoms with E-state index < -0.39 is 0 Å². The number of aromatic nitrogens is 3. The number of amides is 1. The summed E-state index contributed by atoms with van der Waals surface area (Å²) in [6.07, 6.45) is 0. The molecule has 0 aliphatic rings. The number of benzene rings is 2. The highest BCUT2D eigenvalue weighted by Gasteiger charge is 2.21. The number of carbonyl (C=O) groups is 1. The quantitative estimate of drug-likeness (QED) is 0.495. The molecule has 0 N–H and O–H groups in total. The summed E-state index contributed by atoms with van der Waals surface area (Å²) in [5.74, 6) is 0.108. The molecule has 4 rings (SSSR count). The number of fused-ring (bicyclic) bond motifs is 1. The van der Waals surface area contributed by atoms with Crippen molar-refractivity contribution in [3.05, 3.63) is 88.9 Å². The number of carbonyl (C=O) groups excluding carboxylic acids is 1. The summed E-state index contributed by atoms with van der Waals surface area (Å²) in [6.45, 7) is 5.93. The lowest BCUT2D eigenvalue weighted by Gasteiger charge is -2.17. The molecule has 0 saturated heterocycles. The Kier molecular flexibility index (Phi) is 5.08. The Morgan fingerprint density at radius 1 is 1.03 bits per heavy atom. The lowest BCUT2D eigenvalue weighted by Crippen LogP contribution is -2.27. The predicted molar refractivity (Wildman–Crippen MR) is 115 cm³/mol. The maximum absolute atomic E-state index is 14.3. The summed E-state index contributed by atoms with van der Waals surface area (Å²) >= 11 is 0. The van der Waals surface area contributed by atoms with Crippen molar-refractivity contribution < 1.29 is 9.18 Å². The van der Waals surface area contributed by atoms with E-state index in [0.717, 1.165) is 22.3 Å². The van der Waals surface area contributed by atoms with Crippen LogP contribution in [0.15, 0.2) is 54.6 Å². The number of para-hydroxylation sites is 2. The molecule has 0 bridgehead atoms. The number of hydrogen-bond donors (Lipinski definition) is 0. The van der Waals surface area contributed by atoms with Crippen molar-refractivity contribution in [3.8, 4) is 5.69 Å². The first kappa shape index (κ1) is 19.8. The number of nitrogens with zero attached hydrogens (tertiary/aromatic N) is 4. The van der Waals surface area contributed by atoms with Crippen LogP contribution in [0, 0.1) is 26.6 Å². The molecule has 5 nitrogen and oxygen atoms in total. The van der Waals surface area contributed by atoms with Gasteiger partial charge in [0.15, 0.2) is 0 Å². The Labute approximate surface area is 174 Å². The molecule has 0 saturated carbocycles. The number of aryl methyl sites for hydroxylation is 2. The van der Waals surface area contributed by atoms with Gasteiger partial charge in [0.2, 0.25) is 0 Å². The SMILES string of the molecule is Cc1nc(CN(C)C(=O)c2cc(C)n(-c3ccccc3F)c2C)nc2ccccc12. The van der Waals surface area contributed by atoms with Crippen molar-refractivity contribution in [3.63, 3.8) is 0 Å². The van der Waals surface area contributed by atoms with Gasteiger partial charge in [-0.1, -0.05) is 30.3 Å². The van der Waals surface area contributed by atoms with Gasteiger partial charge in [0.1, 0.15) is 11.6 Å². The van der Waals surface area contributed by atoms with Crippen LogP contribution in [-0.2, 0) is 6.54 Å². The van der Waals surface area contributed by atoms with Crippen LogP contribution in [0.25, 0.3) is 16.6 Å². The monoisotopic (exact) mass is 402 g/mol. The zero-order chi connectivity index (χ0) is 21.4. The number of rotatable bonds is 4. The summed E-state index contributed by atoms with van der Waals surface area (Å²) in [5.41, 5.74) is 4.21. The van der Waals surface area contributed by atoms with Gasteiger partial charge >= 0.3 is 0 Å². The molecule has 6 heteroatoms. The largest absolute Gasteiger partial charge is 0.334 e. The first-order chi connectivity index (χ1) is 14.4. The van der Waals surface area contributed by atoms with Crippen molar-refractivity contribution in [2.24, 2.45) is 0 Å². The minimum Gasteiger partial charge on any atom is -0.334 e. The standard InChI is InChI=1S/C24H23FN4O/c1-15-13-19(17(3)29(15)22-12-8-6-10-20(22)25)24(30)28(4)14-23-26-16(2)18-9-5-7-11-21(18)27-23/h5-13H,14H2,1-4H3. The average Bonchev–Trinajstić information content (AvgIpc) is 3.02. The van der Waals surface area contributed by atoms with Crippen LogP contribution in [0.1, 0.15) is 33.3 Å². The fourth-order valence-electron chi connectivity index (χ4n) is 3.84. The molecule has 0 atom stereocenters. The minimum atomic E-state index is -0.327. The van der Waals surface area contributed by atoms with Crippen LogP contribution in [0.4, 0.5) is 4.39 Å². The molecule has 2 heterocycles. The number of halogens is 1. The maximum atomic E-state index is 14.3. The smallest absolute Gasteiger partial charge is 0.255 e. The second-order valence-corrected chi connectivity index (χ2v) is 7.48. The molecular formula is C24H23FN4O. The van der Waals surface area contributed by atoms with Gasteiger partial charge in [-0.3, -0.25) is 4.79 Å².